The number of nitrogens with one attached hydrogen (secondary N) is 2. The Morgan fingerprint density at radius 3 is 2.44 bits per heavy atom. The average Bonchev–Trinajstić information content (AvgIpc) is 2.84. The van der Waals surface area contributed by atoms with Gasteiger partial charge in [0, 0.05) is 30.1 Å². The molecule has 1 saturated carbocycles. The van der Waals surface area contributed by atoms with Gasteiger partial charge >= 0.3 is 0 Å². The third-order valence-corrected chi connectivity index (χ3v) is 5.67. The smallest absolute Gasteiger partial charge is 0.158 e. The maximum Gasteiger partial charge on any atom is 0.158 e. The highest BCUT2D eigenvalue weighted by Crippen LogP contribution is 2.35. The van der Waals surface area contributed by atoms with Crippen LogP contribution in [0.25, 0.3) is 11.1 Å². The van der Waals surface area contributed by atoms with Gasteiger partial charge in [-0.15, -0.1) is 0 Å². The lowest BCUT2D eigenvalue weighted by molar-refractivity contribution is 0.122. The maximum absolute atomic E-state index is 15.3. The summed E-state index contributed by atoms with van der Waals surface area (Å²) in [5.74, 6) is 1.77. The van der Waals surface area contributed by atoms with Crippen LogP contribution in [0, 0.1) is 11.3 Å². The number of pyridine rings is 1. The molecule has 0 saturated heterocycles. The topological polar surface area (TPSA) is 95.8 Å². The van der Waals surface area contributed by atoms with Gasteiger partial charge in [0.1, 0.15) is 29.1 Å². The van der Waals surface area contributed by atoms with Gasteiger partial charge in [0.05, 0.1) is 19.5 Å². The number of hydrogen-bond donors (Lipinski definition) is 2. The van der Waals surface area contributed by atoms with Crippen molar-refractivity contribution < 1.29 is 9.13 Å². The first-order chi connectivity index (χ1) is 15.6. The van der Waals surface area contributed by atoms with Gasteiger partial charge in [-0.05, 0) is 30.5 Å². The monoisotopic (exact) mass is 432 g/mol. The predicted octanol–water partition coefficient (Wildman–Crippen LogP) is 5.25. The molecule has 2 aromatic heterocycles. The fourth-order valence-electron chi connectivity index (χ4n) is 3.87. The highest BCUT2D eigenvalue weighted by Gasteiger charge is 2.31. The van der Waals surface area contributed by atoms with Crippen molar-refractivity contribution in [1.82, 2.24) is 15.0 Å². The molecular formula is C24H25FN6O. The lowest BCUT2D eigenvalue weighted by Gasteiger charge is -2.30. The van der Waals surface area contributed by atoms with Crippen molar-refractivity contribution in [3.8, 4) is 22.9 Å². The summed E-state index contributed by atoms with van der Waals surface area (Å²) in [7, 11) is 1.63. The highest BCUT2D eigenvalue weighted by molar-refractivity contribution is 5.80. The molecule has 1 aliphatic rings. The molecule has 0 radical (unpaired) electrons. The number of rotatable bonds is 7. The molecule has 0 spiro atoms. The largest absolute Gasteiger partial charge is 0.497 e. The minimum Gasteiger partial charge on any atom is -0.497 e. The minimum absolute atomic E-state index is 0.237. The van der Waals surface area contributed by atoms with Crippen LogP contribution in [0.3, 0.4) is 0 Å². The number of nitrogens with zero attached hydrogens (tertiary/aromatic N) is 4. The molecule has 2 heterocycles. The SMILES string of the molecule is COc1ccc(-c2cnc(Nc3cnc(C#N)cn3)cc2NCC2(F)CCCCC2)cc1. The quantitative estimate of drug-likeness (QED) is 0.527. The Labute approximate surface area is 186 Å². The highest BCUT2D eigenvalue weighted by atomic mass is 19.1. The molecule has 32 heavy (non-hydrogen) atoms. The number of halogens is 1. The second-order valence-electron chi connectivity index (χ2n) is 7.93. The Morgan fingerprint density at radius 2 is 1.78 bits per heavy atom. The summed E-state index contributed by atoms with van der Waals surface area (Å²) in [5, 5.41) is 15.3. The number of hydrogen-bond acceptors (Lipinski definition) is 7. The van der Waals surface area contributed by atoms with Crippen molar-refractivity contribution in [3.05, 3.63) is 54.6 Å². The molecule has 0 atom stereocenters. The lowest BCUT2D eigenvalue weighted by atomic mass is 9.86. The van der Waals surface area contributed by atoms with E-state index < -0.39 is 5.67 Å². The number of methoxy groups -OCH3 is 1. The van der Waals surface area contributed by atoms with E-state index in [1.807, 2.05) is 36.4 Å². The predicted molar refractivity (Wildman–Crippen MR) is 122 cm³/mol. The van der Waals surface area contributed by atoms with E-state index in [-0.39, 0.29) is 12.2 Å². The van der Waals surface area contributed by atoms with E-state index in [0.29, 0.717) is 24.5 Å². The van der Waals surface area contributed by atoms with Crippen LogP contribution in [-0.4, -0.2) is 34.3 Å². The number of nitriles is 1. The maximum atomic E-state index is 15.3. The number of alkyl halides is 1. The van der Waals surface area contributed by atoms with Crippen LogP contribution in [0.5, 0.6) is 5.75 Å². The molecule has 3 aromatic rings. The van der Waals surface area contributed by atoms with Crippen molar-refractivity contribution >= 4 is 17.3 Å². The van der Waals surface area contributed by atoms with Crippen molar-refractivity contribution in [1.29, 1.82) is 5.26 Å². The fraction of sp³-hybridized carbons (Fsp3) is 0.333. The van der Waals surface area contributed by atoms with Crippen LogP contribution in [0.1, 0.15) is 37.8 Å². The molecule has 7 nitrogen and oxygen atoms in total. The summed E-state index contributed by atoms with van der Waals surface area (Å²) in [5.41, 5.74) is 1.62. The van der Waals surface area contributed by atoms with E-state index >= 15 is 4.39 Å². The molecule has 2 N–H and O–H groups in total. The van der Waals surface area contributed by atoms with Crippen molar-refractivity contribution in [3.63, 3.8) is 0 Å². The summed E-state index contributed by atoms with van der Waals surface area (Å²) < 4.78 is 20.5. The Kier molecular flexibility index (Phi) is 6.45. The van der Waals surface area contributed by atoms with Crippen LogP contribution in [0.4, 0.5) is 21.7 Å². The number of ether oxygens (including phenoxy) is 1. The fourth-order valence-corrected chi connectivity index (χ4v) is 3.87. The standard InChI is InChI=1S/C24H25FN6O/c1-32-19-7-5-17(6-8-19)20-14-29-22(31-23-15-27-18(12-26)13-28-23)11-21(20)30-16-24(25)9-3-2-4-10-24/h5-8,11,13-15H,2-4,9-10,16H2,1H3,(H2,28,29,30,31). The van der Waals surface area contributed by atoms with E-state index in [2.05, 4.69) is 25.6 Å². The van der Waals surface area contributed by atoms with Crippen molar-refractivity contribution in [2.45, 2.75) is 37.8 Å². The number of anilines is 3. The minimum atomic E-state index is -1.20. The average molecular weight is 433 g/mol. The molecule has 0 amide bonds. The van der Waals surface area contributed by atoms with Crippen LogP contribution in [0.15, 0.2) is 48.9 Å². The second-order valence-corrected chi connectivity index (χ2v) is 7.93. The summed E-state index contributed by atoms with van der Waals surface area (Å²) in [6, 6.07) is 11.4. The van der Waals surface area contributed by atoms with Gasteiger partial charge in [0.15, 0.2) is 5.69 Å². The van der Waals surface area contributed by atoms with Gasteiger partial charge in [-0.3, -0.25) is 0 Å². The van der Waals surface area contributed by atoms with E-state index in [0.717, 1.165) is 41.8 Å². The third-order valence-electron chi connectivity index (χ3n) is 5.67. The van der Waals surface area contributed by atoms with Gasteiger partial charge in [0.2, 0.25) is 0 Å². The first-order valence-electron chi connectivity index (χ1n) is 10.6. The normalized spacial score (nSPS) is 14.9. The van der Waals surface area contributed by atoms with Gasteiger partial charge in [-0.1, -0.05) is 31.4 Å². The van der Waals surface area contributed by atoms with Crippen molar-refractivity contribution in [2.75, 3.05) is 24.3 Å². The van der Waals surface area contributed by atoms with Crippen LogP contribution >= 0.6 is 0 Å². The molecule has 1 aliphatic carbocycles. The Morgan fingerprint density at radius 1 is 1.03 bits per heavy atom. The molecule has 1 fully saturated rings. The Hall–Kier alpha value is -3.73. The molecule has 4 rings (SSSR count). The first kappa shape index (κ1) is 21.5. The van der Waals surface area contributed by atoms with Crippen LogP contribution < -0.4 is 15.4 Å². The second kappa shape index (κ2) is 9.60. The zero-order chi connectivity index (χ0) is 22.4. The lowest BCUT2D eigenvalue weighted by Crippen LogP contribution is -2.34. The van der Waals surface area contributed by atoms with Crippen LogP contribution in [-0.2, 0) is 0 Å². The summed E-state index contributed by atoms with van der Waals surface area (Å²) in [6.07, 6.45) is 8.71. The molecule has 0 unspecified atom stereocenters. The number of benzene rings is 1. The molecular weight excluding hydrogens is 407 g/mol. The van der Waals surface area contributed by atoms with E-state index in [1.54, 1.807) is 13.3 Å². The van der Waals surface area contributed by atoms with Crippen molar-refractivity contribution in [2.24, 2.45) is 0 Å². The van der Waals surface area contributed by atoms with Gasteiger partial charge in [-0.25, -0.2) is 19.3 Å². The zero-order valence-corrected chi connectivity index (χ0v) is 17.9. The van der Waals surface area contributed by atoms with E-state index in [1.165, 1.54) is 12.4 Å². The zero-order valence-electron chi connectivity index (χ0n) is 17.9. The molecule has 0 aliphatic heterocycles. The molecule has 1 aromatic carbocycles. The Bertz CT molecular complexity index is 1090. The van der Waals surface area contributed by atoms with E-state index in [9.17, 15) is 0 Å². The summed E-state index contributed by atoms with van der Waals surface area (Å²) in [6.45, 7) is 0.246. The van der Waals surface area contributed by atoms with E-state index in [4.69, 9.17) is 10.00 Å². The molecule has 8 heteroatoms. The van der Waals surface area contributed by atoms with Crippen LogP contribution in [0.2, 0.25) is 0 Å². The summed E-state index contributed by atoms with van der Waals surface area (Å²) >= 11 is 0. The summed E-state index contributed by atoms with van der Waals surface area (Å²) in [4.78, 5) is 12.7. The third kappa shape index (κ3) is 5.11. The van der Waals surface area contributed by atoms with Gasteiger partial charge in [-0.2, -0.15) is 5.26 Å². The molecule has 0 bridgehead atoms. The molecule has 164 valence electrons. The first-order valence-corrected chi connectivity index (χ1v) is 10.6. The van der Waals surface area contributed by atoms with Gasteiger partial charge in [0.25, 0.3) is 0 Å². The van der Waals surface area contributed by atoms with Gasteiger partial charge < -0.3 is 15.4 Å². The Balaban J connectivity index is 1.61. The number of aromatic nitrogens is 3.